The zero-order chi connectivity index (χ0) is 26.1. The van der Waals surface area contributed by atoms with E-state index in [-0.39, 0.29) is 23.4 Å². The Bertz CT molecular complexity index is 1670. The number of aryl methyl sites for hydroxylation is 2. The third-order valence-corrected chi connectivity index (χ3v) is 6.98. The van der Waals surface area contributed by atoms with Gasteiger partial charge >= 0.3 is 11.4 Å². The van der Waals surface area contributed by atoms with Gasteiger partial charge in [0.05, 0.1) is 23.8 Å². The number of fused-ring (bicyclic) bond motifs is 2. The van der Waals surface area contributed by atoms with Crippen LogP contribution in [-0.4, -0.2) is 28.7 Å². The summed E-state index contributed by atoms with van der Waals surface area (Å²) >= 11 is 6.13. The number of halogens is 1. The van der Waals surface area contributed by atoms with Gasteiger partial charge in [-0.15, -0.1) is 0 Å². The molecular formula is C26H29ClN6O4. The van der Waals surface area contributed by atoms with Crippen LogP contribution >= 0.6 is 11.6 Å². The Hall–Kier alpha value is -3.66. The summed E-state index contributed by atoms with van der Waals surface area (Å²) < 4.78 is 11.5. The van der Waals surface area contributed by atoms with Gasteiger partial charge in [-0.05, 0) is 42.5 Å². The van der Waals surface area contributed by atoms with Gasteiger partial charge in [0.2, 0.25) is 0 Å². The number of aromatic nitrogens is 5. The van der Waals surface area contributed by atoms with Crippen molar-refractivity contribution < 1.29 is 4.42 Å². The Balaban J connectivity index is 1.27. The van der Waals surface area contributed by atoms with E-state index in [0.717, 1.165) is 35.9 Å². The monoisotopic (exact) mass is 524 g/mol. The summed E-state index contributed by atoms with van der Waals surface area (Å²) in [6.07, 6.45) is 8.18. The molecule has 5 rings (SSSR count). The highest BCUT2D eigenvalue weighted by atomic mass is 35.5. The van der Waals surface area contributed by atoms with Crippen molar-refractivity contribution in [2.75, 3.05) is 0 Å². The van der Waals surface area contributed by atoms with Gasteiger partial charge in [-0.25, -0.2) is 14.6 Å². The molecule has 194 valence electrons. The minimum Gasteiger partial charge on any atom is -0.408 e. The van der Waals surface area contributed by atoms with Gasteiger partial charge in [0.25, 0.3) is 5.56 Å². The number of aliphatic imine (C=N–C) groups is 1. The van der Waals surface area contributed by atoms with Crippen molar-refractivity contribution in [2.24, 2.45) is 12.0 Å². The molecular weight excluding hydrogens is 496 g/mol. The van der Waals surface area contributed by atoms with Crippen LogP contribution in [0.1, 0.15) is 49.3 Å². The number of nitrogens with zero attached hydrogens (tertiary/aromatic N) is 6. The summed E-state index contributed by atoms with van der Waals surface area (Å²) in [5, 5.41) is 4.78. The third kappa shape index (κ3) is 4.98. The second kappa shape index (κ2) is 10.4. The Morgan fingerprint density at radius 3 is 2.68 bits per heavy atom. The van der Waals surface area contributed by atoms with Gasteiger partial charge < -0.3 is 4.42 Å². The average molecular weight is 525 g/mol. The third-order valence-electron chi connectivity index (χ3n) is 6.76. The molecule has 0 saturated heterocycles. The SMILES string of the molecule is CCCCCn1c2c(c(=O)n(CCCc3cnn(Cc4ccc5c(c4)oc(=O)n5C)c3)c1=O)CC(Cl)=N2. The summed E-state index contributed by atoms with van der Waals surface area (Å²) in [6, 6.07) is 5.65. The van der Waals surface area contributed by atoms with Crippen LogP contribution in [0.5, 0.6) is 0 Å². The fraction of sp³-hybridized carbons (Fsp3) is 0.423. The quantitative estimate of drug-likeness (QED) is 0.295. The molecule has 0 atom stereocenters. The molecule has 3 aromatic heterocycles. The molecule has 0 N–H and O–H groups in total. The lowest BCUT2D eigenvalue weighted by molar-refractivity contribution is 0.513. The molecule has 0 aliphatic carbocycles. The van der Waals surface area contributed by atoms with Crippen LogP contribution in [-0.2, 0) is 39.5 Å². The van der Waals surface area contributed by atoms with Gasteiger partial charge in [-0.3, -0.25) is 23.2 Å². The van der Waals surface area contributed by atoms with E-state index in [9.17, 15) is 14.4 Å². The second-order valence-corrected chi connectivity index (χ2v) is 9.88. The van der Waals surface area contributed by atoms with Gasteiger partial charge in [0, 0.05) is 32.8 Å². The van der Waals surface area contributed by atoms with Crippen molar-refractivity contribution >= 4 is 33.7 Å². The number of benzene rings is 1. The maximum absolute atomic E-state index is 13.2. The van der Waals surface area contributed by atoms with Crippen LogP contribution in [0.25, 0.3) is 11.1 Å². The largest absolute Gasteiger partial charge is 0.419 e. The fourth-order valence-corrected chi connectivity index (χ4v) is 4.99. The highest BCUT2D eigenvalue weighted by Gasteiger charge is 2.24. The fourth-order valence-electron chi connectivity index (χ4n) is 4.77. The zero-order valence-electron chi connectivity index (χ0n) is 20.9. The van der Waals surface area contributed by atoms with Crippen LogP contribution in [0, 0.1) is 0 Å². The number of rotatable bonds is 10. The molecule has 1 aliphatic heterocycles. The van der Waals surface area contributed by atoms with E-state index >= 15 is 0 Å². The molecule has 0 spiro atoms. The standard InChI is InChI=1S/C26H29ClN6O4/c1-3-4-5-10-32-23-19(13-22(27)29-23)24(34)33(25(32)35)11-6-7-18-14-28-31(16-18)15-17-8-9-20-21(12-17)37-26(36)30(20)2/h8-9,12,14,16H,3-7,10-11,13,15H2,1-2H3. The molecule has 0 fully saturated rings. The van der Waals surface area contributed by atoms with Crippen molar-refractivity contribution in [1.29, 1.82) is 0 Å². The molecule has 0 bridgehead atoms. The second-order valence-electron chi connectivity index (χ2n) is 9.44. The summed E-state index contributed by atoms with van der Waals surface area (Å²) in [6.45, 7) is 3.47. The van der Waals surface area contributed by atoms with Crippen LogP contribution in [0.4, 0.5) is 5.82 Å². The molecule has 10 nitrogen and oxygen atoms in total. The van der Waals surface area contributed by atoms with Gasteiger partial charge in [-0.1, -0.05) is 37.4 Å². The number of oxazole rings is 1. The minimum atomic E-state index is -0.389. The van der Waals surface area contributed by atoms with E-state index < -0.39 is 0 Å². The zero-order valence-corrected chi connectivity index (χ0v) is 21.7. The van der Waals surface area contributed by atoms with E-state index in [4.69, 9.17) is 16.0 Å². The van der Waals surface area contributed by atoms with Gasteiger partial charge in [0.1, 0.15) is 11.0 Å². The molecule has 1 aromatic carbocycles. The number of hydrogen-bond donors (Lipinski definition) is 0. The van der Waals surface area contributed by atoms with Crippen LogP contribution in [0.3, 0.4) is 0 Å². The minimum absolute atomic E-state index is 0.273. The normalized spacial score (nSPS) is 12.9. The number of unbranched alkanes of at least 4 members (excludes halogenated alkanes) is 2. The first-order valence-electron chi connectivity index (χ1n) is 12.5. The molecule has 0 saturated carbocycles. The predicted molar refractivity (Wildman–Crippen MR) is 142 cm³/mol. The van der Waals surface area contributed by atoms with Crippen LogP contribution < -0.4 is 17.0 Å². The van der Waals surface area contributed by atoms with Crippen LogP contribution in [0.2, 0.25) is 0 Å². The Kier molecular flexibility index (Phi) is 7.01. The smallest absolute Gasteiger partial charge is 0.408 e. The highest BCUT2D eigenvalue weighted by Crippen LogP contribution is 2.24. The molecule has 11 heteroatoms. The van der Waals surface area contributed by atoms with Crippen molar-refractivity contribution in [3.8, 4) is 0 Å². The lowest BCUT2D eigenvalue weighted by atomic mass is 10.2. The molecule has 1 aliphatic rings. The lowest BCUT2D eigenvalue weighted by Crippen LogP contribution is -2.41. The van der Waals surface area contributed by atoms with Crippen molar-refractivity contribution in [2.45, 2.75) is 65.1 Å². The van der Waals surface area contributed by atoms with Crippen LogP contribution in [0.15, 0.2) is 54.4 Å². The first kappa shape index (κ1) is 25.0. The van der Waals surface area contributed by atoms with Gasteiger partial charge in [-0.2, -0.15) is 5.10 Å². The lowest BCUT2D eigenvalue weighted by Gasteiger charge is -2.14. The van der Waals surface area contributed by atoms with E-state index in [0.29, 0.717) is 54.6 Å². The maximum atomic E-state index is 13.2. The Morgan fingerprint density at radius 1 is 1.05 bits per heavy atom. The van der Waals surface area contributed by atoms with E-state index in [1.54, 1.807) is 17.8 Å². The average Bonchev–Trinajstić information content (AvgIpc) is 3.56. The summed E-state index contributed by atoms with van der Waals surface area (Å²) in [4.78, 5) is 42.2. The molecule has 0 amide bonds. The molecule has 0 radical (unpaired) electrons. The Labute approximate surface area is 217 Å². The summed E-state index contributed by atoms with van der Waals surface area (Å²) in [5.41, 5.74) is 3.14. The molecule has 4 aromatic rings. The van der Waals surface area contributed by atoms with Crippen molar-refractivity contribution in [1.82, 2.24) is 23.5 Å². The molecule has 37 heavy (non-hydrogen) atoms. The highest BCUT2D eigenvalue weighted by molar-refractivity contribution is 6.66. The predicted octanol–water partition coefficient (Wildman–Crippen LogP) is 3.35. The molecule has 0 unspecified atom stereocenters. The first-order valence-corrected chi connectivity index (χ1v) is 12.9. The maximum Gasteiger partial charge on any atom is 0.419 e. The van der Waals surface area contributed by atoms with Gasteiger partial charge in [0.15, 0.2) is 5.58 Å². The van der Waals surface area contributed by atoms with E-state index in [1.165, 1.54) is 9.13 Å². The first-order chi connectivity index (χ1) is 17.9. The van der Waals surface area contributed by atoms with Crippen molar-refractivity contribution in [3.63, 3.8) is 0 Å². The summed E-state index contributed by atoms with van der Waals surface area (Å²) in [5.74, 6) is 0.0286. The molecule has 4 heterocycles. The topological polar surface area (TPSA) is 109 Å². The number of hydrogen-bond acceptors (Lipinski definition) is 6. The van der Waals surface area contributed by atoms with E-state index in [1.807, 2.05) is 29.1 Å². The summed E-state index contributed by atoms with van der Waals surface area (Å²) in [7, 11) is 1.68. The Morgan fingerprint density at radius 2 is 1.86 bits per heavy atom. The van der Waals surface area contributed by atoms with E-state index in [2.05, 4.69) is 17.0 Å². The van der Waals surface area contributed by atoms with Crippen molar-refractivity contribution in [3.05, 3.63) is 78.7 Å².